The monoisotopic (exact) mass is 302 g/mol. The number of benzene rings is 1. The van der Waals surface area contributed by atoms with Crippen molar-refractivity contribution in [2.75, 3.05) is 33.3 Å². The van der Waals surface area contributed by atoms with Crippen molar-refractivity contribution < 1.29 is 4.74 Å². The van der Waals surface area contributed by atoms with Gasteiger partial charge in [0.05, 0.1) is 7.11 Å². The van der Waals surface area contributed by atoms with Crippen LogP contribution < -0.4 is 4.74 Å². The minimum atomic E-state index is 0.833. The van der Waals surface area contributed by atoms with Gasteiger partial charge in [0.1, 0.15) is 5.75 Å². The standard InChI is InChI=1S/C19H30N2O/c1-22-19-8-6-7-17(15-19)16-20-13-9-18(10-14-20)21-11-4-2-3-5-12-21/h6-8,15,18H,2-5,9-14,16H2,1H3. The molecule has 0 saturated carbocycles. The Morgan fingerprint density at radius 2 is 1.73 bits per heavy atom. The van der Waals surface area contributed by atoms with Gasteiger partial charge in [-0.3, -0.25) is 4.90 Å². The quantitative estimate of drug-likeness (QED) is 0.846. The fourth-order valence-electron chi connectivity index (χ4n) is 3.93. The highest BCUT2D eigenvalue weighted by Crippen LogP contribution is 2.22. The molecule has 0 radical (unpaired) electrons. The molecule has 0 N–H and O–H groups in total. The molecule has 1 aromatic carbocycles. The van der Waals surface area contributed by atoms with Crippen molar-refractivity contribution in [1.29, 1.82) is 0 Å². The second-order valence-electron chi connectivity index (χ2n) is 6.81. The number of hydrogen-bond donors (Lipinski definition) is 0. The van der Waals surface area contributed by atoms with Crippen molar-refractivity contribution in [2.45, 2.75) is 51.1 Å². The van der Waals surface area contributed by atoms with Crippen LogP contribution in [0.5, 0.6) is 5.75 Å². The third-order valence-corrected chi connectivity index (χ3v) is 5.25. The molecule has 22 heavy (non-hydrogen) atoms. The van der Waals surface area contributed by atoms with E-state index in [-0.39, 0.29) is 0 Å². The number of nitrogens with zero attached hydrogens (tertiary/aromatic N) is 2. The maximum absolute atomic E-state index is 5.33. The fraction of sp³-hybridized carbons (Fsp3) is 0.684. The van der Waals surface area contributed by atoms with Crippen LogP contribution >= 0.6 is 0 Å². The van der Waals surface area contributed by atoms with Gasteiger partial charge in [-0.05, 0) is 69.6 Å². The van der Waals surface area contributed by atoms with E-state index in [0.29, 0.717) is 0 Å². The van der Waals surface area contributed by atoms with Crippen molar-refractivity contribution >= 4 is 0 Å². The highest BCUT2D eigenvalue weighted by atomic mass is 16.5. The number of ether oxygens (including phenoxy) is 1. The Hall–Kier alpha value is -1.06. The predicted octanol–water partition coefficient (Wildman–Crippen LogP) is 3.54. The van der Waals surface area contributed by atoms with Crippen LogP contribution in [-0.2, 0) is 6.54 Å². The molecule has 3 nitrogen and oxygen atoms in total. The lowest BCUT2D eigenvalue weighted by atomic mass is 10.0. The highest BCUT2D eigenvalue weighted by molar-refractivity contribution is 5.28. The Morgan fingerprint density at radius 1 is 1.00 bits per heavy atom. The van der Waals surface area contributed by atoms with Crippen molar-refractivity contribution in [3.8, 4) is 5.75 Å². The first kappa shape index (κ1) is 15.8. The second kappa shape index (κ2) is 7.98. The van der Waals surface area contributed by atoms with E-state index in [1.165, 1.54) is 70.3 Å². The summed E-state index contributed by atoms with van der Waals surface area (Å²) >= 11 is 0. The predicted molar refractivity (Wildman–Crippen MR) is 91.3 cm³/mol. The van der Waals surface area contributed by atoms with Gasteiger partial charge in [0.15, 0.2) is 0 Å². The van der Waals surface area contributed by atoms with E-state index in [1.807, 2.05) is 6.07 Å². The minimum absolute atomic E-state index is 0.833. The summed E-state index contributed by atoms with van der Waals surface area (Å²) in [5.41, 5.74) is 1.37. The van der Waals surface area contributed by atoms with Gasteiger partial charge < -0.3 is 9.64 Å². The number of piperidine rings is 1. The normalized spacial score (nSPS) is 22.4. The lowest BCUT2D eigenvalue weighted by Gasteiger charge is -2.38. The van der Waals surface area contributed by atoms with Crippen molar-refractivity contribution in [3.05, 3.63) is 29.8 Å². The summed E-state index contributed by atoms with van der Waals surface area (Å²) in [6.45, 7) is 6.20. The maximum atomic E-state index is 5.33. The SMILES string of the molecule is COc1cccc(CN2CCC(N3CCCCCC3)CC2)c1. The van der Waals surface area contributed by atoms with E-state index >= 15 is 0 Å². The van der Waals surface area contributed by atoms with Gasteiger partial charge in [0.2, 0.25) is 0 Å². The van der Waals surface area contributed by atoms with E-state index < -0.39 is 0 Å². The maximum Gasteiger partial charge on any atom is 0.119 e. The molecule has 3 rings (SSSR count). The molecule has 3 heteroatoms. The Morgan fingerprint density at radius 3 is 2.41 bits per heavy atom. The molecular weight excluding hydrogens is 272 g/mol. The van der Waals surface area contributed by atoms with Gasteiger partial charge in [-0.25, -0.2) is 0 Å². The van der Waals surface area contributed by atoms with Gasteiger partial charge in [-0.1, -0.05) is 25.0 Å². The number of hydrogen-bond acceptors (Lipinski definition) is 3. The van der Waals surface area contributed by atoms with E-state index in [9.17, 15) is 0 Å². The molecule has 1 aromatic rings. The van der Waals surface area contributed by atoms with Crippen LogP contribution in [-0.4, -0.2) is 49.1 Å². The van der Waals surface area contributed by atoms with E-state index in [4.69, 9.17) is 4.74 Å². The molecule has 0 atom stereocenters. The average molecular weight is 302 g/mol. The molecule has 0 bridgehead atoms. The van der Waals surface area contributed by atoms with Crippen LogP contribution in [0.25, 0.3) is 0 Å². The molecule has 0 amide bonds. The first-order valence-electron chi connectivity index (χ1n) is 8.94. The van der Waals surface area contributed by atoms with E-state index in [0.717, 1.165) is 18.3 Å². The molecule has 2 aliphatic heterocycles. The van der Waals surface area contributed by atoms with E-state index in [1.54, 1.807) is 7.11 Å². The molecule has 0 aliphatic carbocycles. The van der Waals surface area contributed by atoms with Crippen LogP contribution in [0.2, 0.25) is 0 Å². The largest absolute Gasteiger partial charge is 0.497 e. The summed E-state index contributed by atoms with van der Waals surface area (Å²) in [4.78, 5) is 5.37. The van der Waals surface area contributed by atoms with Crippen LogP contribution in [0.1, 0.15) is 44.1 Å². The second-order valence-corrected chi connectivity index (χ2v) is 6.81. The van der Waals surface area contributed by atoms with Gasteiger partial charge in [-0.2, -0.15) is 0 Å². The molecule has 122 valence electrons. The van der Waals surface area contributed by atoms with Crippen molar-refractivity contribution in [1.82, 2.24) is 9.80 Å². The Kier molecular flexibility index (Phi) is 5.74. The number of likely N-dealkylation sites (tertiary alicyclic amines) is 2. The fourth-order valence-corrected chi connectivity index (χ4v) is 3.93. The smallest absolute Gasteiger partial charge is 0.119 e. The summed E-state index contributed by atoms with van der Waals surface area (Å²) in [5.74, 6) is 0.969. The molecule has 2 heterocycles. The first-order valence-corrected chi connectivity index (χ1v) is 8.94. The minimum Gasteiger partial charge on any atom is -0.497 e. The molecule has 0 aromatic heterocycles. The average Bonchev–Trinajstić information content (AvgIpc) is 2.85. The molecule has 2 saturated heterocycles. The van der Waals surface area contributed by atoms with Gasteiger partial charge in [-0.15, -0.1) is 0 Å². The highest BCUT2D eigenvalue weighted by Gasteiger charge is 2.24. The van der Waals surface area contributed by atoms with Crippen molar-refractivity contribution in [2.24, 2.45) is 0 Å². The molecule has 0 spiro atoms. The molecule has 2 fully saturated rings. The number of methoxy groups -OCH3 is 1. The molecule has 2 aliphatic rings. The Labute approximate surface area is 135 Å². The van der Waals surface area contributed by atoms with Crippen LogP contribution in [0.3, 0.4) is 0 Å². The van der Waals surface area contributed by atoms with Crippen LogP contribution in [0.15, 0.2) is 24.3 Å². The van der Waals surface area contributed by atoms with Crippen LogP contribution in [0, 0.1) is 0 Å². The molecular formula is C19H30N2O. The summed E-state index contributed by atoms with van der Waals surface area (Å²) in [6.07, 6.45) is 8.36. The Bertz CT molecular complexity index is 447. The summed E-state index contributed by atoms with van der Waals surface area (Å²) in [7, 11) is 1.74. The Balaban J connectivity index is 1.48. The van der Waals surface area contributed by atoms with E-state index in [2.05, 4.69) is 28.0 Å². The molecule has 0 unspecified atom stereocenters. The number of rotatable bonds is 4. The summed E-state index contributed by atoms with van der Waals surface area (Å²) < 4.78 is 5.33. The lowest BCUT2D eigenvalue weighted by molar-refractivity contribution is 0.107. The zero-order chi connectivity index (χ0) is 15.2. The zero-order valence-corrected chi connectivity index (χ0v) is 14.0. The van der Waals surface area contributed by atoms with Crippen molar-refractivity contribution in [3.63, 3.8) is 0 Å². The summed E-state index contributed by atoms with van der Waals surface area (Å²) in [5, 5.41) is 0. The third kappa shape index (κ3) is 4.23. The summed E-state index contributed by atoms with van der Waals surface area (Å²) in [6, 6.07) is 9.33. The van der Waals surface area contributed by atoms with Crippen LogP contribution in [0.4, 0.5) is 0 Å². The zero-order valence-electron chi connectivity index (χ0n) is 14.0. The van der Waals surface area contributed by atoms with Gasteiger partial charge in [0.25, 0.3) is 0 Å². The first-order chi connectivity index (χ1) is 10.8. The topological polar surface area (TPSA) is 15.7 Å². The van der Waals surface area contributed by atoms with Gasteiger partial charge in [0, 0.05) is 12.6 Å². The lowest BCUT2D eigenvalue weighted by Crippen LogP contribution is -2.45. The third-order valence-electron chi connectivity index (χ3n) is 5.25. The van der Waals surface area contributed by atoms with Gasteiger partial charge >= 0.3 is 0 Å².